The molecule has 8 heteroatoms. The summed E-state index contributed by atoms with van der Waals surface area (Å²) in [6, 6.07) is 26.1. The molecule has 0 saturated heterocycles. The van der Waals surface area contributed by atoms with Gasteiger partial charge in [-0.15, -0.1) is 0 Å². The molecule has 1 atom stereocenters. The zero-order chi connectivity index (χ0) is 29.7. The van der Waals surface area contributed by atoms with E-state index in [1.807, 2.05) is 6.92 Å². The number of phenolic OH excluding ortho intramolecular Hbond substituents is 2. The SMILES string of the molecule is CC(CCCCCCOc1ccc(C(=O)Oc2ccccc2O)cc1)Oc1ccc(C(=O)Oc2ccccc2O)cc1. The van der Waals surface area contributed by atoms with E-state index in [0.717, 1.165) is 32.1 Å². The number of rotatable bonds is 14. The molecular formula is C34H34O8. The molecule has 0 aromatic heterocycles. The van der Waals surface area contributed by atoms with Gasteiger partial charge in [0.1, 0.15) is 11.5 Å². The Labute approximate surface area is 245 Å². The van der Waals surface area contributed by atoms with Crippen LogP contribution >= 0.6 is 0 Å². The number of hydrogen-bond donors (Lipinski definition) is 2. The van der Waals surface area contributed by atoms with Crippen molar-refractivity contribution in [2.75, 3.05) is 6.61 Å². The van der Waals surface area contributed by atoms with Crippen molar-refractivity contribution >= 4 is 11.9 Å². The van der Waals surface area contributed by atoms with Gasteiger partial charge in [0.2, 0.25) is 0 Å². The highest BCUT2D eigenvalue weighted by Gasteiger charge is 2.13. The van der Waals surface area contributed by atoms with Crippen LogP contribution in [0.1, 0.15) is 59.7 Å². The Balaban J connectivity index is 1.08. The quantitative estimate of drug-likeness (QED) is 0.0921. The van der Waals surface area contributed by atoms with E-state index in [1.54, 1.807) is 72.8 Å². The molecule has 0 saturated carbocycles. The van der Waals surface area contributed by atoms with E-state index in [2.05, 4.69) is 0 Å². The van der Waals surface area contributed by atoms with Gasteiger partial charge in [0.05, 0.1) is 23.8 Å². The zero-order valence-electron chi connectivity index (χ0n) is 23.4. The lowest BCUT2D eigenvalue weighted by Gasteiger charge is -2.15. The van der Waals surface area contributed by atoms with Crippen molar-refractivity contribution in [1.29, 1.82) is 0 Å². The Bertz CT molecular complexity index is 1450. The molecular weight excluding hydrogens is 536 g/mol. The fourth-order valence-electron chi connectivity index (χ4n) is 4.13. The number of carbonyl (C=O) groups excluding carboxylic acids is 2. The van der Waals surface area contributed by atoms with Crippen LogP contribution in [-0.2, 0) is 0 Å². The minimum absolute atomic E-state index is 0.0244. The van der Waals surface area contributed by atoms with Crippen molar-refractivity contribution in [3.63, 3.8) is 0 Å². The molecule has 0 spiro atoms. The Morgan fingerprint density at radius 1 is 0.619 bits per heavy atom. The van der Waals surface area contributed by atoms with E-state index in [9.17, 15) is 19.8 Å². The van der Waals surface area contributed by atoms with Gasteiger partial charge in [-0.1, -0.05) is 37.1 Å². The summed E-state index contributed by atoms with van der Waals surface area (Å²) < 4.78 is 22.2. The minimum Gasteiger partial charge on any atom is -0.504 e. The van der Waals surface area contributed by atoms with Gasteiger partial charge in [-0.05, 0) is 99.0 Å². The molecule has 0 fully saturated rings. The molecule has 4 aromatic carbocycles. The second-order valence-electron chi connectivity index (χ2n) is 9.74. The maximum absolute atomic E-state index is 12.3. The fourth-order valence-corrected chi connectivity index (χ4v) is 4.13. The van der Waals surface area contributed by atoms with Crippen LogP contribution in [0.15, 0.2) is 97.1 Å². The summed E-state index contributed by atoms with van der Waals surface area (Å²) in [5, 5.41) is 19.5. The topological polar surface area (TPSA) is 112 Å². The van der Waals surface area contributed by atoms with Crippen molar-refractivity contribution in [3.05, 3.63) is 108 Å². The van der Waals surface area contributed by atoms with Gasteiger partial charge in [-0.3, -0.25) is 0 Å². The van der Waals surface area contributed by atoms with Crippen molar-refractivity contribution < 1.29 is 38.7 Å². The normalized spacial score (nSPS) is 11.4. The summed E-state index contributed by atoms with van der Waals surface area (Å²) in [6.07, 6.45) is 4.91. The number of benzene rings is 4. The van der Waals surface area contributed by atoms with Crippen LogP contribution in [0.3, 0.4) is 0 Å². The predicted octanol–water partition coefficient (Wildman–Crippen LogP) is 7.33. The molecule has 0 amide bonds. The summed E-state index contributed by atoms with van der Waals surface area (Å²) in [4.78, 5) is 24.6. The van der Waals surface area contributed by atoms with Gasteiger partial charge in [0.25, 0.3) is 0 Å². The lowest BCUT2D eigenvalue weighted by Crippen LogP contribution is -2.12. The summed E-state index contributed by atoms with van der Waals surface area (Å²) in [5.41, 5.74) is 0.729. The smallest absolute Gasteiger partial charge is 0.343 e. The predicted molar refractivity (Wildman–Crippen MR) is 158 cm³/mol. The number of esters is 2. The molecule has 0 aliphatic rings. The number of ether oxygens (including phenoxy) is 4. The number of aromatic hydroxyl groups is 2. The Morgan fingerprint density at radius 2 is 1.10 bits per heavy atom. The van der Waals surface area contributed by atoms with E-state index in [-0.39, 0.29) is 29.1 Å². The summed E-state index contributed by atoms with van der Waals surface area (Å²) >= 11 is 0. The number of para-hydroxylation sites is 4. The summed E-state index contributed by atoms with van der Waals surface area (Å²) in [7, 11) is 0. The molecule has 4 aromatic rings. The van der Waals surface area contributed by atoms with Crippen molar-refractivity contribution in [2.45, 2.75) is 45.1 Å². The monoisotopic (exact) mass is 570 g/mol. The fraction of sp³-hybridized carbons (Fsp3) is 0.235. The first-order chi connectivity index (χ1) is 20.4. The van der Waals surface area contributed by atoms with Crippen molar-refractivity contribution in [3.8, 4) is 34.5 Å². The van der Waals surface area contributed by atoms with Gasteiger partial charge in [0.15, 0.2) is 23.0 Å². The highest BCUT2D eigenvalue weighted by molar-refractivity contribution is 5.92. The third-order valence-corrected chi connectivity index (χ3v) is 6.43. The van der Waals surface area contributed by atoms with Gasteiger partial charge in [0, 0.05) is 0 Å². The highest BCUT2D eigenvalue weighted by Crippen LogP contribution is 2.27. The summed E-state index contributed by atoms with van der Waals surface area (Å²) in [5.74, 6) is 0.288. The number of carbonyl (C=O) groups is 2. The molecule has 0 radical (unpaired) electrons. The van der Waals surface area contributed by atoms with E-state index >= 15 is 0 Å². The second-order valence-corrected chi connectivity index (χ2v) is 9.74. The van der Waals surface area contributed by atoms with Crippen molar-refractivity contribution in [2.24, 2.45) is 0 Å². The Kier molecular flexibility index (Phi) is 10.8. The molecule has 218 valence electrons. The Morgan fingerprint density at radius 3 is 1.62 bits per heavy atom. The maximum atomic E-state index is 12.3. The van der Waals surface area contributed by atoms with Crippen molar-refractivity contribution in [1.82, 2.24) is 0 Å². The zero-order valence-corrected chi connectivity index (χ0v) is 23.4. The van der Waals surface area contributed by atoms with E-state index in [1.165, 1.54) is 24.3 Å². The third-order valence-electron chi connectivity index (χ3n) is 6.43. The molecule has 2 N–H and O–H groups in total. The van der Waals surface area contributed by atoms with Crippen LogP contribution in [0.4, 0.5) is 0 Å². The van der Waals surface area contributed by atoms with Gasteiger partial charge >= 0.3 is 11.9 Å². The van der Waals surface area contributed by atoms with E-state index < -0.39 is 11.9 Å². The highest BCUT2D eigenvalue weighted by atomic mass is 16.5. The summed E-state index contributed by atoms with van der Waals surface area (Å²) in [6.45, 7) is 2.60. The molecule has 1 unspecified atom stereocenters. The Hall–Kier alpha value is -4.98. The molecule has 8 nitrogen and oxygen atoms in total. The van der Waals surface area contributed by atoms with Crippen LogP contribution in [-0.4, -0.2) is 34.9 Å². The number of hydrogen-bond acceptors (Lipinski definition) is 8. The van der Waals surface area contributed by atoms with Crippen LogP contribution in [0.5, 0.6) is 34.5 Å². The molecule has 0 bridgehead atoms. The molecule has 0 aliphatic heterocycles. The lowest BCUT2D eigenvalue weighted by atomic mass is 10.1. The number of unbranched alkanes of at least 4 members (excludes halogenated alkanes) is 3. The lowest BCUT2D eigenvalue weighted by molar-refractivity contribution is 0.0720. The van der Waals surface area contributed by atoms with E-state index in [4.69, 9.17) is 18.9 Å². The van der Waals surface area contributed by atoms with Crippen LogP contribution in [0.2, 0.25) is 0 Å². The van der Waals surface area contributed by atoms with Gasteiger partial charge in [-0.2, -0.15) is 0 Å². The maximum Gasteiger partial charge on any atom is 0.343 e. The van der Waals surface area contributed by atoms with Crippen LogP contribution < -0.4 is 18.9 Å². The largest absolute Gasteiger partial charge is 0.504 e. The first-order valence-electron chi connectivity index (χ1n) is 13.9. The average Bonchev–Trinajstić information content (AvgIpc) is 2.99. The molecule has 0 heterocycles. The first-order valence-corrected chi connectivity index (χ1v) is 13.9. The van der Waals surface area contributed by atoms with E-state index in [0.29, 0.717) is 29.2 Å². The van der Waals surface area contributed by atoms with Gasteiger partial charge in [-0.25, -0.2) is 9.59 Å². The second kappa shape index (κ2) is 15.1. The van der Waals surface area contributed by atoms with Crippen LogP contribution in [0, 0.1) is 0 Å². The number of phenols is 2. The molecule has 0 aliphatic carbocycles. The van der Waals surface area contributed by atoms with Gasteiger partial charge < -0.3 is 29.2 Å². The molecule has 4 rings (SSSR count). The minimum atomic E-state index is -0.553. The average molecular weight is 571 g/mol. The first kappa shape index (κ1) is 30.0. The third kappa shape index (κ3) is 9.02. The van der Waals surface area contributed by atoms with Crippen LogP contribution in [0.25, 0.3) is 0 Å². The molecule has 42 heavy (non-hydrogen) atoms. The standard InChI is InChI=1S/C34H34O8/c1-24(40-28-21-17-26(18-22-28)34(38)42-32-14-8-6-12-30(32)36)10-4-2-3-9-23-39-27-19-15-25(16-20-27)33(37)41-31-13-7-5-11-29(31)35/h5-8,11-22,24,35-36H,2-4,9-10,23H2,1H3.